The molecule has 1 amide bonds. The van der Waals surface area contributed by atoms with Crippen LogP contribution < -0.4 is 15.5 Å². The van der Waals surface area contributed by atoms with Gasteiger partial charge in [-0.2, -0.15) is 0 Å². The maximum absolute atomic E-state index is 12.8. The van der Waals surface area contributed by atoms with Gasteiger partial charge in [0.2, 0.25) is 0 Å². The zero-order valence-corrected chi connectivity index (χ0v) is 14.9. The SMILES string of the molecule is CCn1c(C(=O)Nc2ccc(N3CCNCC3)nc2)cc2ccccc21. The number of hydrogen-bond donors (Lipinski definition) is 2. The molecule has 0 radical (unpaired) electrons. The third kappa shape index (κ3) is 3.15. The molecular formula is C20H23N5O. The zero-order valence-electron chi connectivity index (χ0n) is 14.9. The first kappa shape index (κ1) is 16.6. The van der Waals surface area contributed by atoms with Crippen molar-refractivity contribution < 1.29 is 4.79 Å². The Hall–Kier alpha value is -2.86. The second kappa shape index (κ2) is 7.17. The van der Waals surface area contributed by atoms with Gasteiger partial charge in [-0.25, -0.2) is 4.98 Å². The van der Waals surface area contributed by atoms with Gasteiger partial charge in [0.1, 0.15) is 11.5 Å². The third-order valence-electron chi connectivity index (χ3n) is 4.81. The van der Waals surface area contributed by atoms with Gasteiger partial charge in [0, 0.05) is 43.6 Å². The number of benzene rings is 1. The first-order valence-electron chi connectivity index (χ1n) is 9.07. The van der Waals surface area contributed by atoms with Crippen LogP contribution in [-0.2, 0) is 6.54 Å². The Balaban J connectivity index is 1.53. The number of rotatable bonds is 4. The molecule has 0 spiro atoms. The van der Waals surface area contributed by atoms with E-state index in [4.69, 9.17) is 0 Å². The average molecular weight is 349 g/mol. The number of anilines is 2. The molecule has 1 aliphatic heterocycles. The first-order valence-corrected chi connectivity index (χ1v) is 9.07. The second-order valence-corrected chi connectivity index (χ2v) is 6.43. The Morgan fingerprint density at radius 3 is 2.73 bits per heavy atom. The van der Waals surface area contributed by atoms with Crippen molar-refractivity contribution in [3.8, 4) is 0 Å². The van der Waals surface area contributed by atoms with Gasteiger partial charge in [0.15, 0.2) is 0 Å². The van der Waals surface area contributed by atoms with Crippen molar-refractivity contribution in [2.45, 2.75) is 13.5 Å². The van der Waals surface area contributed by atoms with Crippen LogP contribution in [0.4, 0.5) is 11.5 Å². The average Bonchev–Trinajstić information content (AvgIpc) is 3.08. The maximum atomic E-state index is 12.8. The number of amides is 1. The summed E-state index contributed by atoms with van der Waals surface area (Å²) >= 11 is 0. The monoisotopic (exact) mass is 349 g/mol. The molecular weight excluding hydrogens is 326 g/mol. The Bertz CT molecular complexity index is 910. The summed E-state index contributed by atoms with van der Waals surface area (Å²) in [5.41, 5.74) is 2.45. The van der Waals surface area contributed by atoms with E-state index >= 15 is 0 Å². The highest BCUT2D eigenvalue weighted by Crippen LogP contribution is 2.21. The number of hydrogen-bond acceptors (Lipinski definition) is 4. The van der Waals surface area contributed by atoms with Gasteiger partial charge in [-0.05, 0) is 31.2 Å². The van der Waals surface area contributed by atoms with Crippen LogP contribution in [0.3, 0.4) is 0 Å². The van der Waals surface area contributed by atoms with Crippen molar-refractivity contribution in [3.05, 3.63) is 54.4 Å². The molecule has 3 aromatic rings. The number of pyridine rings is 1. The number of carbonyl (C=O) groups excluding carboxylic acids is 1. The van der Waals surface area contributed by atoms with E-state index in [1.807, 2.05) is 54.0 Å². The van der Waals surface area contributed by atoms with Crippen LogP contribution in [0.25, 0.3) is 10.9 Å². The lowest BCUT2D eigenvalue weighted by Gasteiger charge is -2.28. The molecule has 0 bridgehead atoms. The normalized spacial score (nSPS) is 14.6. The number of nitrogens with one attached hydrogen (secondary N) is 2. The van der Waals surface area contributed by atoms with Gasteiger partial charge in [-0.15, -0.1) is 0 Å². The lowest BCUT2D eigenvalue weighted by atomic mass is 10.2. The van der Waals surface area contributed by atoms with Crippen molar-refractivity contribution in [2.75, 3.05) is 36.4 Å². The van der Waals surface area contributed by atoms with E-state index in [-0.39, 0.29) is 5.91 Å². The molecule has 1 aliphatic rings. The topological polar surface area (TPSA) is 62.2 Å². The van der Waals surface area contributed by atoms with Gasteiger partial charge < -0.3 is 20.1 Å². The highest BCUT2D eigenvalue weighted by molar-refractivity contribution is 6.06. The predicted octanol–water partition coefficient (Wildman–Crippen LogP) is 2.72. The Labute approximate surface area is 152 Å². The van der Waals surface area contributed by atoms with Crippen LogP contribution in [0, 0.1) is 0 Å². The summed E-state index contributed by atoms with van der Waals surface area (Å²) in [6, 6.07) is 13.9. The van der Waals surface area contributed by atoms with Crippen LogP contribution in [-0.4, -0.2) is 41.6 Å². The molecule has 134 valence electrons. The Morgan fingerprint density at radius 1 is 1.19 bits per heavy atom. The largest absolute Gasteiger partial charge is 0.354 e. The molecule has 0 unspecified atom stereocenters. The number of fused-ring (bicyclic) bond motifs is 1. The molecule has 1 fully saturated rings. The number of para-hydroxylation sites is 1. The van der Waals surface area contributed by atoms with Gasteiger partial charge >= 0.3 is 0 Å². The molecule has 2 N–H and O–H groups in total. The summed E-state index contributed by atoms with van der Waals surface area (Å²) in [4.78, 5) is 19.5. The summed E-state index contributed by atoms with van der Waals surface area (Å²) in [5.74, 6) is 0.840. The van der Waals surface area contributed by atoms with E-state index in [0.29, 0.717) is 11.4 Å². The molecule has 1 aromatic carbocycles. The number of piperazine rings is 1. The summed E-state index contributed by atoms with van der Waals surface area (Å²) < 4.78 is 2.03. The molecule has 3 heterocycles. The lowest BCUT2D eigenvalue weighted by molar-refractivity contribution is 0.101. The van der Waals surface area contributed by atoms with E-state index in [1.54, 1.807) is 6.20 Å². The van der Waals surface area contributed by atoms with Gasteiger partial charge in [-0.1, -0.05) is 18.2 Å². The van der Waals surface area contributed by atoms with Gasteiger partial charge in [-0.3, -0.25) is 4.79 Å². The summed E-state index contributed by atoms with van der Waals surface area (Å²) in [5, 5.41) is 7.38. The van der Waals surface area contributed by atoms with E-state index in [9.17, 15) is 4.79 Å². The number of aryl methyl sites for hydroxylation is 1. The molecule has 0 aliphatic carbocycles. The highest BCUT2D eigenvalue weighted by Gasteiger charge is 2.15. The van der Waals surface area contributed by atoms with E-state index in [1.165, 1.54) is 0 Å². The van der Waals surface area contributed by atoms with Crippen molar-refractivity contribution in [1.82, 2.24) is 14.9 Å². The minimum Gasteiger partial charge on any atom is -0.354 e. The summed E-state index contributed by atoms with van der Waals surface area (Å²) in [7, 11) is 0. The third-order valence-corrected chi connectivity index (χ3v) is 4.81. The molecule has 26 heavy (non-hydrogen) atoms. The molecule has 4 rings (SSSR count). The molecule has 2 aromatic heterocycles. The van der Waals surface area contributed by atoms with E-state index in [2.05, 4.69) is 20.5 Å². The second-order valence-electron chi connectivity index (χ2n) is 6.43. The number of nitrogens with zero attached hydrogens (tertiary/aromatic N) is 3. The fraction of sp³-hybridized carbons (Fsp3) is 0.300. The Morgan fingerprint density at radius 2 is 2.00 bits per heavy atom. The number of aromatic nitrogens is 2. The van der Waals surface area contributed by atoms with Crippen LogP contribution in [0.5, 0.6) is 0 Å². The van der Waals surface area contributed by atoms with Crippen molar-refractivity contribution >= 4 is 28.3 Å². The van der Waals surface area contributed by atoms with Crippen LogP contribution in [0.15, 0.2) is 48.7 Å². The van der Waals surface area contributed by atoms with Crippen molar-refractivity contribution in [1.29, 1.82) is 0 Å². The van der Waals surface area contributed by atoms with Crippen molar-refractivity contribution in [2.24, 2.45) is 0 Å². The van der Waals surface area contributed by atoms with Gasteiger partial charge in [0.05, 0.1) is 11.9 Å². The molecule has 6 nitrogen and oxygen atoms in total. The minimum atomic E-state index is -0.111. The van der Waals surface area contributed by atoms with Crippen LogP contribution in [0.1, 0.15) is 17.4 Å². The quantitative estimate of drug-likeness (QED) is 0.760. The number of carbonyl (C=O) groups is 1. The highest BCUT2D eigenvalue weighted by atomic mass is 16.1. The standard InChI is InChI=1S/C20H23N5O/c1-2-25-17-6-4-3-5-15(17)13-18(25)20(26)23-16-7-8-19(22-14-16)24-11-9-21-10-12-24/h3-8,13-14,21H,2,9-12H2,1H3,(H,23,26). The summed E-state index contributed by atoms with van der Waals surface area (Å²) in [6.07, 6.45) is 1.73. The first-order chi connectivity index (χ1) is 12.8. The van der Waals surface area contributed by atoms with E-state index < -0.39 is 0 Å². The molecule has 6 heteroatoms. The van der Waals surface area contributed by atoms with E-state index in [0.717, 1.165) is 49.4 Å². The Kier molecular flexibility index (Phi) is 4.58. The van der Waals surface area contributed by atoms with Gasteiger partial charge in [0.25, 0.3) is 5.91 Å². The fourth-order valence-electron chi connectivity index (χ4n) is 3.48. The minimum absolute atomic E-state index is 0.111. The smallest absolute Gasteiger partial charge is 0.272 e. The van der Waals surface area contributed by atoms with Crippen LogP contribution in [0.2, 0.25) is 0 Å². The molecule has 0 atom stereocenters. The molecule has 1 saturated heterocycles. The molecule has 0 saturated carbocycles. The predicted molar refractivity (Wildman–Crippen MR) is 105 cm³/mol. The lowest BCUT2D eigenvalue weighted by Crippen LogP contribution is -2.43. The van der Waals surface area contributed by atoms with Crippen molar-refractivity contribution in [3.63, 3.8) is 0 Å². The fourth-order valence-corrected chi connectivity index (χ4v) is 3.48. The van der Waals surface area contributed by atoms with Crippen LogP contribution >= 0.6 is 0 Å². The summed E-state index contributed by atoms with van der Waals surface area (Å²) in [6.45, 7) is 6.65. The maximum Gasteiger partial charge on any atom is 0.272 e. The zero-order chi connectivity index (χ0) is 17.9.